The number of nitrogens with one attached hydrogen (secondary N) is 1. The second-order valence-electron chi connectivity index (χ2n) is 22.2. The molecule has 338 valence electrons. The summed E-state index contributed by atoms with van der Waals surface area (Å²) in [4.78, 5) is 0. The first kappa shape index (κ1) is 43.3. The van der Waals surface area contributed by atoms with E-state index < -0.39 is 5.41 Å². The summed E-state index contributed by atoms with van der Waals surface area (Å²) >= 11 is 1.88. The first-order valence-electron chi connectivity index (χ1n) is 24.7. The summed E-state index contributed by atoms with van der Waals surface area (Å²) in [5, 5.41) is 6.75. The second kappa shape index (κ2) is 15.5. The van der Waals surface area contributed by atoms with Crippen LogP contribution < -0.4 is 5.32 Å². The van der Waals surface area contributed by atoms with E-state index in [0.717, 1.165) is 11.4 Å². The maximum absolute atomic E-state index is 4.17. The Morgan fingerprint density at radius 2 is 1.04 bits per heavy atom. The highest BCUT2D eigenvalue weighted by Crippen LogP contribution is 2.60. The Morgan fingerprint density at radius 1 is 0.420 bits per heavy atom. The van der Waals surface area contributed by atoms with Crippen molar-refractivity contribution in [2.24, 2.45) is 0 Å². The summed E-state index contributed by atoms with van der Waals surface area (Å²) in [5.41, 5.74) is 23.8. The molecule has 2 heteroatoms. The zero-order valence-electron chi connectivity index (χ0n) is 41.3. The number of hydrogen-bond donors (Lipinski definition) is 1. The van der Waals surface area contributed by atoms with Crippen LogP contribution in [0.4, 0.5) is 11.4 Å². The Morgan fingerprint density at radius 3 is 1.74 bits per heavy atom. The molecule has 0 atom stereocenters. The van der Waals surface area contributed by atoms with Crippen LogP contribution in [0, 0.1) is 6.92 Å². The second-order valence-corrected chi connectivity index (χ2v) is 23.3. The fraction of sp³-hybridized carbons (Fsp3) is 0.194. The summed E-state index contributed by atoms with van der Waals surface area (Å²) in [6.07, 6.45) is 0. The van der Waals surface area contributed by atoms with Crippen LogP contribution in [-0.4, -0.2) is 0 Å². The molecule has 0 radical (unpaired) electrons. The number of aryl methyl sites for hydroxylation is 1. The van der Waals surface area contributed by atoms with Crippen LogP contribution in [0.2, 0.25) is 0 Å². The van der Waals surface area contributed by atoms with Gasteiger partial charge in [-0.05, 0) is 137 Å². The summed E-state index contributed by atoms with van der Waals surface area (Å²) in [6, 6.07) is 71.2. The Balaban J connectivity index is 1.15. The Hall–Kier alpha value is -7.00. The van der Waals surface area contributed by atoms with Gasteiger partial charge < -0.3 is 5.32 Å². The molecule has 1 heterocycles. The topological polar surface area (TPSA) is 12.0 Å². The average molecular weight is 910 g/mol. The minimum Gasteiger partial charge on any atom is -0.355 e. The first-order chi connectivity index (χ1) is 33.2. The van der Waals surface area contributed by atoms with E-state index >= 15 is 0 Å². The Kier molecular flexibility index (Phi) is 9.73. The van der Waals surface area contributed by atoms with E-state index in [9.17, 15) is 0 Å². The molecular formula is C67H59NS. The third-order valence-electron chi connectivity index (χ3n) is 15.6. The van der Waals surface area contributed by atoms with Crippen molar-refractivity contribution in [1.29, 1.82) is 0 Å². The van der Waals surface area contributed by atoms with E-state index in [-0.39, 0.29) is 16.2 Å². The van der Waals surface area contributed by atoms with Gasteiger partial charge in [-0.1, -0.05) is 213 Å². The van der Waals surface area contributed by atoms with E-state index in [0.29, 0.717) is 0 Å². The lowest BCUT2D eigenvalue weighted by atomic mass is 9.67. The van der Waals surface area contributed by atoms with Crippen molar-refractivity contribution in [3.05, 3.63) is 238 Å². The molecule has 69 heavy (non-hydrogen) atoms. The summed E-state index contributed by atoms with van der Waals surface area (Å²) in [6.45, 7) is 21.4. The van der Waals surface area contributed by atoms with Gasteiger partial charge in [0.25, 0.3) is 0 Å². The molecule has 0 bridgehead atoms. The molecule has 12 rings (SSSR count). The molecule has 2 aliphatic carbocycles. The zero-order chi connectivity index (χ0) is 47.6. The quantitative estimate of drug-likeness (QED) is 0.175. The minimum atomic E-state index is -0.500. The number of anilines is 2. The van der Waals surface area contributed by atoms with Gasteiger partial charge >= 0.3 is 0 Å². The molecular weight excluding hydrogens is 851 g/mol. The molecule has 0 aliphatic heterocycles. The van der Waals surface area contributed by atoms with Crippen LogP contribution in [-0.2, 0) is 21.7 Å². The normalized spacial score (nSPS) is 14.4. The van der Waals surface area contributed by atoms with Gasteiger partial charge in [0.2, 0.25) is 0 Å². The Labute approximate surface area is 412 Å². The molecule has 1 nitrogen and oxygen atoms in total. The molecule has 1 N–H and O–H groups in total. The third kappa shape index (κ3) is 6.55. The molecule has 2 aliphatic rings. The van der Waals surface area contributed by atoms with Crippen molar-refractivity contribution in [1.82, 2.24) is 0 Å². The highest BCUT2D eigenvalue weighted by Gasteiger charge is 2.46. The van der Waals surface area contributed by atoms with Crippen LogP contribution in [0.5, 0.6) is 0 Å². The predicted molar refractivity (Wildman–Crippen MR) is 297 cm³/mol. The number of hydrogen-bond acceptors (Lipinski definition) is 2. The fourth-order valence-electron chi connectivity index (χ4n) is 12.1. The van der Waals surface area contributed by atoms with Gasteiger partial charge in [-0.2, -0.15) is 0 Å². The molecule has 9 aromatic carbocycles. The van der Waals surface area contributed by atoms with Crippen molar-refractivity contribution >= 4 is 42.9 Å². The minimum absolute atomic E-state index is 0.00534. The van der Waals surface area contributed by atoms with Gasteiger partial charge in [0, 0.05) is 42.5 Å². The van der Waals surface area contributed by atoms with Gasteiger partial charge in [0.15, 0.2) is 0 Å². The van der Waals surface area contributed by atoms with E-state index in [1.807, 2.05) is 11.3 Å². The van der Waals surface area contributed by atoms with E-state index in [2.05, 4.69) is 256 Å². The van der Waals surface area contributed by atoms with Crippen LogP contribution in [0.15, 0.2) is 188 Å². The molecule has 0 fully saturated rings. The SMILES string of the molecule is Cc1ccccc1-c1c(-c2cc3c(cc2Nc2ccc4c(c2)C(c2ccccc2)(c2ccccc2)c2ccccc2-4)sc2ccccc23)ccc2c1-c1c(C(C)(C)C)cc(C(C)(C)C)cc1C2(C)C. The average Bonchev–Trinajstić information content (AvgIpc) is 3.93. The van der Waals surface area contributed by atoms with Crippen LogP contribution in [0.25, 0.3) is 64.7 Å². The van der Waals surface area contributed by atoms with E-state index in [1.165, 1.54) is 115 Å². The summed E-state index contributed by atoms with van der Waals surface area (Å²) in [7, 11) is 0. The van der Waals surface area contributed by atoms with E-state index in [1.54, 1.807) is 0 Å². The van der Waals surface area contributed by atoms with E-state index in [4.69, 9.17) is 0 Å². The number of thiophene rings is 1. The highest BCUT2D eigenvalue weighted by atomic mass is 32.1. The maximum atomic E-state index is 4.17. The third-order valence-corrected chi connectivity index (χ3v) is 16.7. The lowest BCUT2D eigenvalue weighted by Crippen LogP contribution is -2.28. The molecule has 0 saturated carbocycles. The van der Waals surface area contributed by atoms with Gasteiger partial charge in [-0.25, -0.2) is 0 Å². The van der Waals surface area contributed by atoms with Crippen molar-refractivity contribution in [2.75, 3.05) is 5.32 Å². The van der Waals surface area contributed by atoms with Crippen molar-refractivity contribution in [3.63, 3.8) is 0 Å². The number of fused-ring (bicyclic) bond motifs is 9. The Bertz CT molecular complexity index is 3640. The number of benzene rings is 9. The van der Waals surface area contributed by atoms with Crippen LogP contribution in [0.1, 0.15) is 105 Å². The molecule has 10 aromatic rings. The van der Waals surface area contributed by atoms with Crippen molar-refractivity contribution in [2.45, 2.75) is 84.0 Å². The summed E-state index contributed by atoms with van der Waals surface area (Å²) < 4.78 is 2.57. The monoisotopic (exact) mass is 909 g/mol. The lowest BCUT2D eigenvalue weighted by molar-refractivity contribution is 0.564. The van der Waals surface area contributed by atoms with Crippen LogP contribution in [0.3, 0.4) is 0 Å². The van der Waals surface area contributed by atoms with Crippen molar-refractivity contribution < 1.29 is 0 Å². The van der Waals surface area contributed by atoms with Gasteiger partial charge in [-0.3, -0.25) is 0 Å². The van der Waals surface area contributed by atoms with Gasteiger partial charge in [0.1, 0.15) is 0 Å². The fourth-order valence-corrected chi connectivity index (χ4v) is 13.2. The maximum Gasteiger partial charge on any atom is 0.0714 e. The molecule has 0 saturated heterocycles. The first-order valence-corrected chi connectivity index (χ1v) is 25.5. The molecule has 0 unspecified atom stereocenters. The molecule has 0 amide bonds. The highest BCUT2D eigenvalue weighted by molar-refractivity contribution is 7.25. The zero-order valence-corrected chi connectivity index (χ0v) is 42.1. The molecule has 0 spiro atoms. The van der Waals surface area contributed by atoms with Crippen molar-refractivity contribution in [3.8, 4) is 44.5 Å². The van der Waals surface area contributed by atoms with Gasteiger partial charge in [-0.15, -0.1) is 11.3 Å². The lowest BCUT2D eigenvalue weighted by Gasteiger charge is -2.34. The smallest absolute Gasteiger partial charge is 0.0714 e. The summed E-state index contributed by atoms with van der Waals surface area (Å²) in [5.74, 6) is 0. The molecule has 1 aromatic heterocycles. The van der Waals surface area contributed by atoms with Gasteiger partial charge in [0.05, 0.1) is 5.41 Å². The standard InChI is InChI=1S/C67H59NS/c1-41-22-16-17-27-46(41)61-50(34-35-54-63(61)62-56(65(5,6)7)36-44(64(2,3)4)37-57(62)66(54,8)9)51-39-52-49-29-19-21-31-59(49)69-60(52)40-58(51)68-45-32-33-48-47-28-18-20-30-53(47)67(55(48)38-45,42-23-12-10-13-24-42)43-25-14-11-15-26-43/h10-40,68H,1-9H3. The predicted octanol–water partition coefficient (Wildman–Crippen LogP) is 18.7. The number of rotatable bonds is 6. The van der Waals surface area contributed by atoms with Crippen LogP contribution >= 0.6 is 11.3 Å². The largest absolute Gasteiger partial charge is 0.355 e.